The van der Waals surface area contributed by atoms with Crippen LogP contribution in [0.15, 0.2) is 12.1 Å². The molecule has 2 rings (SSSR count). The molecular weight excluding hydrogens is 256 g/mol. The van der Waals surface area contributed by atoms with Crippen molar-refractivity contribution in [2.45, 2.75) is 38.5 Å². The summed E-state index contributed by atoms with van der Waals surface area (Å²) in [6, 6.07) is 3.74. The Bertz CT molecular complexity index is 589. The van der Waals surface area contributed by atoms with Crippen molar-refractivity contribution in [3.63, 3.8) is 0 Å². The zero-order valence-electron chi connectivity index (χ0n) is 12.8. The molecule has 0 aromatic carbocycles. The van der Waals surface area contributed by atoms with Crippen LogP contribution in [0.5, 0.6) is 0 Å². The fraction of sp³-hybridized carbons (Fsp3) is 0.533. The van der Waals surface area contributed by atoms with E-state index < -0.39 is 11.4 Å². The lowest BCUT2D eigenvalue weighted by Gasteiger charge is -2.22. The number of aromatic nitrogens is 1. The first kappa shape index (κ1) is 14.5. The largest absolute Gasteiger partial charge is 0.468 e. The first-order valence-electron chi connectivity index (χ1n) is 6.52. The second-order valence-corrected chi connectivity index (χ2v) is 6.29. The van der Waals surface area contributed by atoms with E-state index in [1.165, 1.54) is 12.0 Å². The van der Waals surface area contributed by atoms with E-state index in [2.05, 4.69) is 4.98 Å². The highest BCUT2D eigenvalue weighted by atomic mass is 16.5. The first-order valence-corrected chi connectivity index (χ1v) is 6.52. The number of nitrogens with zero attached hydrogens (tertiary/aromatic N) is 2. The molecule has 1 amide bonds. The highest BCUT2D eigenvalue weighted by Crippen LogP contribution is 2.41. The summed E-state index contributed by atoms with van der Waals surface area (Å²) < 4.78 is 4.81. The molecule has 1 aliphatic rings. The van der Waals surface area contributed by atoms with E-state index in [1.54, 1.807) is 14.0 Å². The number of amides is 1. The van der Waals surface area contributed by atoms with E-state index in [4.69, 9.17) is 4.74 Å². The smallest absolute Gasteiger partial charge is 0.327 e. The fourth-order valence-corrected chi connectivity index (χ4v) is 2.44. The van der Waals surface area contributed by atoms with Crippen LogP contribution in [-0.4, -0.2) is 31.0 Å². The summed E-state index contributed by atoms with van der Waals surface area (Å²) in [5.41, 5.74) is 0.464. The highest BCUT2D eigenvalue weighted by molar-refractivity contribution is 6.19. The molecule has 5 nitrogen and oxygen atoms in total. The molecule has 108 valence electrons. The number of fused-ring (bicyclic) bond motifs is 1. The molecule has 0 radical (unpaired) electrons. The molecule has 1 aromatic rings. The zero-order chi connectivity index (χ0) is 15.3. The molecule has 1 atom stereocenters. The summed E-state index contributed by atoms with van der Waals surface area (Å²) in [6.45, 7) is 7.69. The van der Waals surface area contributed by atoms with Gasteiger partial charge >= 0.3 is 5.97 Å². The molecule has 0 saturated heterocycles. The number of carbonyl (C=O) groups excluding carboxylic acids is 2. The molecule has 1 aromatic heterocycles. The summed E-state index contributed by atoms with van der Waals surface area (Å²) >= 11 is 0. The maximum Gasteiger partial charge on any atom is 0.327 e. The van der Waals surface area contributed by atoms with Gasteiger partial charge in [0.05, 0.1) is 18.5 Å². The summed E-state index contributed by atoms with van der Waals surface area (Å²) in [7, 11) is 2.93. The molecule has 20 heavy (non-hydrogen) atoms. The van der Waals surface area contributed by atoms with Crippen LogP contribution < -0.4 is 4.90 Å². The van der Waals surface area contributed by atoms with Crippen molar-refractivity contribution in [2.75, 3.05) is 19.1 Å². The molecule has 0 N–H and O–H groups in total. The Hall–Kier alpha value is -1.91. The van der Waals surface area contributed by atoms with Crippen molar-refractivity contribution in [2.24, 2.45) is 0 Å². The Balaban J connectivity index is 2.69. The second-order valence-electron chi connectivity index (χ2n) is 6.29. The Morgan fingerprint density at radius 1 is 1.35 bits per heavy atom. The van der Waals surface area contributed by atoms with Gasteiger partial charge in [0.25, 0.3) is 0 Å². The predicted octanol–water partition coefficient (Wildman–Crippen LogP) is 1.79. The summed E-state index contributed by atoms with van der Waals surface area (Å²) in [4.78, 5) is 30.6. The minimum absolute atomic E-state index is 0.156. The van der Waals surface area contributed by atoms with E-state index in [0.717, 1.165) is 5.69 Å². The average Bonchev–Trinajstić information content (AvgIpc) is 2.60. The number of rotatable bonds is 1. The molecule has 2 heterocycles. The predicted molar refractivity (Wildman–Crippen MR) is 75.7 cm³/mol. The Morgan fingerprint density at radius 2 is 1.95 bits per heavy atom. The average molecular weight is 276 g/mol. The number of carbonyl (C=O) groups is 2. The van der Waals surface area contributed by atoms with Crippen LogP contribution in [0.2, 0.25) is 0 Å². The molecule has 0 spiro atoms. The van der Waals surface area contributed by atoms with Crippen molar-refractivity contribution >= 4 is 17.6 Å². The van der Waals surface area contributed by atoms with Crippen LogP contribution in [0.4, 0.5) is 5.69 Å². The van der Waals surface area contributed by atoms with Gasteiger partial charge in [-0.1, -0.05) is 20.8 Å². The van der Waals surface area contributed by atoms with Gasteiger partial charge in [-0.3, -0.25) is 14.6 Å². The van der Waals surface area contributed by atoms with Gasteiger partial charge in [-0.15, -0.1) is 0 Å². The third-order valence-electron chi connectivity index (χ3n) is 3.80. The monoisotopic (exact) mass is 276 g/mol. The standard InChI is InChI=1S/C15H20N2O3/c1-14(2,3)10-8-7-9-11(16-10)15(4,13(19)20-6)12(18)17(9)5/h7-8H,1-6H3. The molecule has 0 bridgehead atoms. The van der Waals surface area contributed by atoms with E-state index in [-0.39, 0.29) is 11.3 Å². The van der Waals surface area contributed by atoms with E-state index in [0.29, 0.717) is 11.4 Å². The van der Waals surface area contributed by atoms with E-state index >= 15 is 0 Å². The number of pyridine rings is 1. The topological polar surface area (TPSA) is 59.5 Å². The maximum absolute atomic E-state index is 12.4. The number of anilines is 1. The van der Waals surface area contributed by atoms with Crippen molar-refractivity contribution in [1.29, 1.82) is 0 Å². The van der Waals surface area contributed by atoms with E-state index in [9.17, 15) is 9.59 Å². The van der Waals surface area contributed by atoms with Crippen LogP contribution in [0.3, 0.4) is 0 Å². The van der Waals surface area contributed by atoms with Gasteiger partial charge < -0.3 is 9.64 Å². The molecule has 5 heteroatoms. The number of methoxy groups -OCH3 is 1. The molecule has 1 unspecified atom stereocenters. The molecule has 0 fully saturated rings. The summed E-state index contributed by atoms with van der Waals surface area (Å²) in [5, 5.41) is 0. The third-order valence-corrected chi connectivity index (χ3v) is 3.80. The van der Waals surface area contributed by atoms with Gasteiger partial charge in [-0.25, -0.2) is 0 Å². The lowest BCUT2D eigenvalue weighted by Crippen LogP contribution is -2.43. The Kier molecular flexibility index (Phi) is 3.11. The highest BCUT2D eigenvalue weighted by Gasteiger charge is 2.54. The summed E-state index contributed by atoms with van der Waals surface area (Å²) in [6.07, 6.45) is 0. The minimum atomic E-state index is -1.36. The van der Waals surface area contributed by atoms with Gasteiger partial charge in [-0.05, 0) is 19.1 Å². The molecule has 0 aliphatic carbocycles. The van der Waals surface area contributed by atoms with Crippen molar-refractivity contribution in [3.05, 3.63) is 23.5 Å². The Labute approximate surface area is 118 Å². The molecular formula is C15H20N2O3. The van der Waals surface area contributed by atoms with E-state index in [1.807, 2.05) is 32.9 Å². The van der Waals surface area contributed by atoms with Crippen molar-refractivity contribution in [3.8, 4) is 0 Å². The first-order chi connectivity index (χ1) is 9.14. The molecule has 0 saturated carbocycles. The lowest BCUT2D eigenvalue weighted by molar-refractivity contribution is -0.150. The van der Waals surface area contributed by atoms with Gasteiger partial charge in [-0.2, -0.15) is 0 Å². The zero-order valence-corrected chi connectivity index (χ0v) is 12.8. The van der Waals surface area contributed by atoms with Gasteiger partial charge in [0, 0.05) is 18.2 Å². The minimum Gasteiger partial charge on any atom is -0.468 e. The van der Waals surface area contributed by atoms with Crippen LogP contribution >= 0.6 is 0 Å². The number of hydrogen-bond donors (Lipinski definition) is 0. The van der Waals surface area contributed by atoms with Gasteiger partial charge in [0.15, 0.2) is 5.41 Å². The lowest BCUT2D eigenvalue weighted by atomic mass is 9.85. The van der Waals surface area contributed by atoms with Crippen LogP contribution in [0.25, 0.3) is 0 Å². The van der Waals surface area contributed by atoms with Crippen LogP contribution in [0.1, 0.15) is 39.1 Å². The second kappa shape index (κ2) is 4.30. The summed E-state index contributed by atoms with van der Waals surface area (Å²) in [5.74, 6) is -0.885. The number of esters is 1. The SMILES string of the molecule is COC(=O)C1(C)C(=O)N(C)c2ccc(C(C)(C)C)nc21. The van der Waals surface area contributed by atoms with Crippen LogP contribution in [-0.2, 0) is 25.2 Å². The third kappa shape index (κ3) is 1.80. The number of hydrogen-bond acceptors (Lipinski definition) is 4. The normalized spacial score (nSPS) is 21.9. The Morgan fingerprint density at radius 3 is 2.45 bits per heavy atom. The van der Waals surface area contributed by atoms with Crippen LogP contribution in [0, 0.1) is 0 Å². The fourth-order valence-electron chi connectivity index (χ4n) is 2.44. The quantitative estimate of drug-likeness (QED) is 0.579. The van der Waals surface area contributed by atoms with Gasteiger partial charge in [0.1, 0.15) is 0 Å². The number of ether oxygens (including phenoxy) is 1. The van der Waals surface area contributed by atoms with Crippen molar-refractivity contribution < 1.29 is 14.3 Å². The van der Waals surface area contributed by atoms with Crippen molar-refractivity contribution in [1.82, 2.24) is 4.98 Å². The maximum atomic E-state index is 12.4. The number of likely N-dealkylation sites (N-methyl/N-ethyl adjacent to an activating group) is 1. The molecule has 1 aliphatic heterocycles. The van der Waals surface area contributed by atoms with Gasteiger partial charge in [0.2, 0.25) is 5.91 Å².